The molecule has 2 rings (SSSR count). The van der Waals surface area contributed by atoms with E-state index in [1.165, 1.54) is 19.8 Å². The van der Waals surface area contributed by atoms with E-state index in [2.05, 4.69) is 6.92 Å². The fourth-order valence-electron chi connectivity index (χ4n) is 2.48. The van der Waals surface area contributed by atoms with Gasteiger partial charge in [-0.1, -0.05) is 25.5 Å². The highest BCUT2D eigenvalue weighted by atomic mass is 16.5. The molecule has 0 bridgehead atoms. The van der Waals surface area contributed by atoms with Gasteiger partial charge in [-0.05, 0) is 24.1 Å². The van der Waals surface area contributed by atoms with Crippen LogP contribution in [0.5, 0.6) is 0 Å². The Morgan fingerprint density at radius 1 is 1.13 bits per heavy atom. The maximum absolute atomic E-state index is 12.2. The maximum Gasteiger partial charge on any atom is 0.355 e. The summed E-state index contributed by atoms with van der Waals surface area (Å²) in [4.78, 5) is 25.7. The lowest BCUT2D eigenvalue weighted by molar-refractivity contribution is -0.140. The normalized spacial score (nSPS) is 14.7. The second-order valence-corrected chi connectivity index (χ2v) is 5.13. The van der Waals surface area contributed by atoms with Crippen molar-refractivity contribution < 1.29 is 23.8 Å². The van der Waals surface area contributed by atoms with E-state index in [0.717, 1.165) is 18.5 Å². The summed E-state index contributed by atoms with van der Waals surface area (Å²) in [5, 5.41) is 0. The van der Waals surface area contributed by atoms with Gasteiger partial charge < -0.3 is 19.1 Å². The van der Waals surface area contributed by atoms with Crippen molar-refractivity contribution in [3.63, 3.8) is 0 Å². The summed E-state index contributed by atoms with van der Waals surface area (Å²) in [6.45, 7) is 2.30. The molecule has 0 aromatic heterocycles. The predicted molar refractivity (Wildman–Crippen MR) is 84.8 cm³/mol. The van der Waals surface area contributed by atoms with E-state index in [0.29, 0.717) is 0 Å². The van der Waals surface area contributed by atoms with Crippen LogP contribution in [-0.2, 0) is 30.2 Å². The van der Waals surface area contributed by atoms with E-state index in [1.807, 2.05) is 24.3 Å². The first-order valence-corrected chi connectivity index (χ1v) is 7.46. The van der Waals surface area contributed by atoms with Gasteiger partial charge in [-0.15, -0.1) is 0 Å². The Morgan fingerprint density at radius 3 is 2.35 bits per heavy atom. The molecule has 124 valence electrons. The molecule has 0 saturated carbocycles. The van der Waals surface area contributed by atoms with E-state index in [-0.39, 0.29) is 24.6 Å². The highest BCUT2D eigenvalue weighted by molar-refractivity contribution is 6.03. The summed E-state index contributed by atoms with van der Waals surface area (Å²) in [7, 11) is 2.55. The standard InChI is InChI=1S/C17H21NO5/c1-4-5-12-6-8-13(9-7-12)18-11-23-10-14(16(19)21-2)15(18)17(20)22-3/h6-9H,4-5,10-11H2,1-3H3. The molecule has 23 heavy (non-hydrogen) atoms. The van der Waals surface area contributed by atoms with Crippen molar-refractivity contribution in [3.05, 3.63) is 41.1 Å². The molecule has 0 unspecified atom stereocenters. The smallest absolute Gasteiger partial charge is 0.355 e. The van der Waals surface area contributed by atoms with Crippen LogP contribution in [0.3, 0.4) is 0 Å². The number of carbonyl (C=O) groups is 2. The Bertz CT molecular complexity index is 606. The van der Waals surface area contributed by atoms with E-state index in [1.54, 1.807) is 4.90 Å². The van der Waals surface area contributed by atoms with Gasteiger partial charge in [0.05, 0.1) is 26.4 Å². The number of benzene rings is 1. The van der Waals surface area contributed by atoms with Gasteiger partial charge in [0, 0.05) is 5.69 Å². The second kappa shape index (κ2) is 7.78. The minimum absolute atomic E-state index is 0.0154. The third kappa shape index (κ3) is 3.71. The van der Waals surface area contributed by atoms with E-state index < -0.39 is 11.9 Å². The SMILES string of the molecule is CCCc1ccc(N2COCC(C(=O)OC)=C2C(=O)OC)cc1. The van der Waals surface area contributed by atoms with E-state index >= 15 is 0 Å². The van der Waals surface area contributed by atoms with Crippen LogP contribution in [0.2, 0.25) is 0 Å². The van der Waals surface area contributed by atoms with Crippen LogP contribution < -0.4 is 4.90 Å². The average molecular weight is 319 g/mol. The topological polar surface area (TPSA) is 65.1 Å². The van der Waals surface area contributed by atoms with Gasteiger partial charge in [-0.25, -0.2) is 9.59 Å². The molecule has 0 saturated heterocycles. The molecule has 0 atom stereocenters. The minimum atomic E-state index is -0.599. The van der Waals surface area contributed by atoms with Crippen LogP contribution in [0.4, 0.5) is 5.69 Å². The quantitative estimate of drug-likeness (QED) is 0.774. The maximum atomic E-state index is 12.2. The van der Waals surface area contributed by atoms with Crippen molar-refractivity contribution in [2.45, 2.75) is 19.8 Å². The Labute approximate surface area is 135 Å². The van der Waals surface area contributed by atoms with Gasteiger partial charge in [0.25, 0.3) is 0 Å². The Hall–Kier alpha value is -2.34. The first-order chi connectivity index (χ1) is 11.1. The van der Waals surface area contributed by atoms with E-state index in [4.69, 9.17) is 14.2 Å². The summed E-state index contributed by atoms with van der Waals surface area (Å²) in [5.74, 6) is -1.19. The molecule has 0 spiro atoms. The number of esters is 2. The molecule has 1 aromatic rings. The Balaban J connectivity index is 2.42. The minimum Gasteiger partial charge on any atom is -0.466 e. The molecule has 0 aliphatic carbocycles. The van der Waals surface area contributed by atoms with Crippen LogP contribution in [0, 0.1) is 0 Å². The van der Waals surface area contributed by atoms with Crippen LogP contribution in [0.1, 0.15) is 18.9 Å². The molecule has 1 aromatic carbocycles. The van der Waals surface area contributed by atoms with Crippen molar-refractivity contribution in [1.82, 2.24) is 0 Å². The van der Waals surface area contributed by atoms with Crippen molar-refractivity contribution >= 4 is 17.6 Å². The number of aryl methyl sites for hydroxylation is 1. The first-order valence-electron chi connectivity index (χ1n) is 7.46. The van der Waals surface area contributed by atoms with Crippen molar-refractivity contribution in [1.29, 1.82) is 0 Å². The molecule has 1 aliphatic rings. The van der Waals surface area contributed by atoms with Gasteiger partial charge in [-0.2, -0.15) is 0 Å². The number of hydrogen-bond donors (Lipinski definition) is 0. The van der Waals surface area contributed by atoms with Crippen molar-refractivity contribution in [2.24, 2.45) is 0 Å². The summed E-state index contributed by atoms with van der Waals surface area (Å²) in [6.07, 6.45) is 2.05. The first kappa shape index (κ1) is 17.0. The summed E-state index contributed by atoms with van der Waals surface area (Å²) < 4.78 is 15.0. The average Bonchev–Trinajstić information content (AvgIpc) is 2.60. The van der Waals surface area contributed by atoms with Crippen molar-refractivity contribution in [3.8, 4) is 0 Å². The lowest BCUT2D eigenvalue weighted by atomic mass is 10.1. The van der Waals surface area contributed by atoms with Gasteiger partial charge in [-0.3, -0.25) is 0 Å². The molecule has 0 N–H and O–H groups in total. The number of carbonyl (C=O) groups excluding carboxylic acids is 2. The summed E-state index contributed by atoms with van der Waals surface area (Å²) >= 11 is 0. The molecule has 6 nitrogen and oxygen atoms in total. The molecular weight excluding hydrogens is 298 g/mol. The van der Waals surface area contributed by atoms with Crippen LogP contribution in [0.15, 0.2) is 35.5 Å². The number of ether oxygens (including phenoxy) is 3. The lowest BCUT2D eigenvalue weighted by Crippen LogP contribution is -2.38. The largest absolute Gasteiger partial charge is 0.466 e. The third-order valence-electron chi connectivity index (χ3n) is 3.62. The zero-order valence-electron chi connectivity index (χ0n) is 13.6. The number of nitrogens with zero attached hydrogens (tertiary/aromatic N) is 1. The third-order valence-corrected chi connectivity index (χ3v) is 3.62. The molecule has 1 heterocycles. The van der Waals surface area contributed by atoms with Gasteiger partial charge in [0.15, 0.2) is 0 Å². The lowest BCUT2D eigenvalue weighted by Gasteiger charge is -2.31. The van der Waals surface area contributed by atoms with Crippen LogP contribution in [-0.4, -0.2) is 39.5 Å². The van der Waals surface area contributed by atoms with Gasteiger partial charge in [0.2, 0.25) is 0 Å². The summed E-state index contributed by atoms with van der Waals surface area (Å²) in [5.41, 5.74) is 2.29. The highest BCUT2D eigenvalue weighted by Crippen LogP contribution is 2.27. The Kier molecular flexibility index (Phi) is 5.76. The molecule has 0 amide bonds. The highest BCUT2D eigenvalue weighted by Gasteiger charge is 2.32. The zero-order chi connectivity index (χ0) is 16.8. The zero-order valence-corrected chi connectivity index (χ0v) is 13.6. The molecular formula is C17H21NO5. The van der Waals surface area contributed by atoms with Crippen LogP contribution >= 0.6 is 0 Å². The summed E-state index contributed by atoms with van der Waals surface area (Å²) in [6, 6.07) is 7.80. The Morgan fingerprint density at radius 2 is 1.78 bits per heavy atom. The van der Waals surface area contributed by atoms with Gasteiger partial charge in [0.1, 0.15) is 12.4 Å². The fourth-order valence-corrected chi connectivity index (χ4v) is 2.48. The molecule has 1 aliphatic heterocycles. The number of hydrogen-bond acceptors (Lipinski definition) is 6. The van der Waals surface area contributed by atoms with Gasteiger partial charge >= 0.3 is 11.9 Å². The molecule has 0 fully saturated rings. The monoisotopic (exact) mass is 319 g/mol. The second-order valence-electron chi connectivity index (χ2n) is 5.13. The van der Waals surface area contributed by atoms with E-state index in [9.17, 15) is 9.59 Å². The number of methoxy groups -OCH3 is 2. The fraction of sp³-hybridized carbons (Fsp3) is 0.412. The van der Waals surface area contributed by atoms with Crippen molar-refractivity contribution in [2.75, 3.05) is 32.5 Å². The molecule has 6 heteroatoms. The number of anilines is 1. The number of rotatable bonds is 5. The predicted octanol–water partition coefficient (Wildman–Crippen LogP) is 2.03. The van der Waals surface area contributed by atoms with Crippen LogP contribution in [0.25, 0.3) is 0 Å². The molecule has 0 radical (unpaired) electrons.